The van der Waals surface area contributed by atoms with Gasteiger partial charge in [-0.2, -0.15) is 0 Å². The number of carbonyl (C=O) groups is 1. The number of carbonyl (C=O) groups excluding carboxylic acids is 1. The predicted octanol–water partition coefficient (Wildman–Crippen LogP) is -0.470. The molecule has 0 aliphatic rings. The number of aromatic nitrogens is 2. The first-order valence-corrected chi connectivity index (χ1v) is 3.43. The molecule has 12 heavy (non-hydrogen) atoms. The van der Waals surface area contributed by atoms with E-state index in [1.165, 1.54) is 0 Å². The van der Waals surface area contributed by atoms with Crippen LogP contribution < -0.4 is 10.6 Å². The van der Waals surface area contributed by atoms with Crippen LogP contribution in [-0.2, 0) is 0 Å². The average molecular weight is 171 g/mol. The molecule has 0 bridgehead atoms. The molecule has 1 aromatic rings. The third-order valence-corrected chi connectivity index (χ3v) is 1.43. The van der Waals surface area contributed by atoms with Gasteiger partial charge >= 0.3 is 5.69 Å². The Morgan fingerprint density at radius 2 is 2.33 bits per heavy atom. The van der Waals surface area contributed by atoms with Crippen LogP contribution in [-0.4, -0.2) is 11.1 Å². The number of hydrogen-bond donors (Lipinski definition) is 1. The first-order valence-electron chi connectivity index (χ1n) is 3.43. The summed E-state index contributed by atoms with van der Waals surface area (Å²) in [7, 11) is 0. The van der Waals surface area contributed by atoms with Gasteiger partial charge in [0.2, 0.25) is 5.69 Å². The molecule has 0 aliphatic heterocycles. The van der Waals surface area contributed by atoms with Crippen LogP contribution in [0.15, 0.2) is 4.63 Å². The maximum absolute atomic E-state index is 10.9. The van der Waals surface area contributed by atoms with E-state index in [9.17, 15) is 10.0 Å². The fourth-order valence-electron chi connectivity index (χ4n) is 0.911. The van der Waals surface area contributed by atoms with Crippen LogP contribution in [0.5, 0.6) is 0 Å². The highest BCUT2D eigenvalue weighted by molar-refractivity contribution is 5.91. The molecule has 0 saturated heterocycles. The van der Waals surface area contributed by atoms with E-state index in [2.05, 4.69) is 9.79 Å². The maximum Gasteiger partial charge on any atom is 0.308 e. The molecule has 1 rings (SSSR count). The molecule has 0 spiro atoms. The predicted molar refractivity (Wildman–Crippen MR) is 38.1 cm³/mol. The van der Waals surface area contributed by atoms with Gasteiger partial charge in [0, 0.05) is 5.92 Å². The molecule has 0 saturated carbocycles. The van der Waals surface area contributed by atoms with E-state index in [-0.39, 0.29) is 22.2 Å². The van der Waals surface area contributed by atoms with Gasteiger partial charge in [-0.3, -0.25) is 9.42 Å². The van der Waals surface area contributed by atoms with Crippen molar-refractivity contribution in [2.75, 3.05) is 0 Å². The van der Waals surface area contributed by atoms with Crippen LogP contribution in [0.1, 0.15) is 35.9 Å². The molecule has 0 aromatic carbocycles. The van der Waals surface area contributed by atoms with Crippen molar-refractivity contribution in [1.29, 1.82) is 0 Å². The van der Waals surface area contributed by atoms with E-state index in [1.807, 2.05) is 0 Å². The Morgan fingerprint density at radius 1 is 1.75 bits per heavy atom. The number of nitrogens with zero attached hydrogens (tertiary/aromatic N) is 2. The molecule has 66 valence electrons. The summed E-state index contributed by atoms with van der Waals surface area (Å²) in [5.41, 5.74) is 5.02. The maximum atomic E-state index is 10.9. The van der Waals surface area contributed by atoms with E-state index in [4.69, 9.17) is 5.73 Å². The smallest absolute Gasteiger partial charge is 0.308 e. The van der Waals surface area contributed by atoms with Crippen molar-refractivity contribution in [3.63, 3.8) is 0 Å². The first-order chi connectivity index (χ1) is 5.54. The summed E-state index contributed by atoms with van der Waals surface area (Å²) < 4.78 is 4.23. The van der Waals surface area contributed by atoms with Gasteiger partial charge in [-0.1, -0.05) is 13.8 Å². The lowest BCUT2D eigenvalue weighted by atomic mass is 10.1. The van der Waals surface area contributed by atoms with Gasteiger partial charge in [0.1, 0.15) is 0 Å². The first kappa shape index (κ1) is 8.51. The quantitative estimate of drug-likeness (QED) is 0.608. The molecule has 0 fully saturated rings. The lowest BCUT2D eigenvalue weighted by Gasteiger charge is -1.98. The van der Waals surface area contributed by atoms with Crippen molar-refractivity contribution in [2.45, 2.75) is 19.8 Å². The van der Waals surface area contributed by atoms with Gasteiger partial charge in [-0.05, 0) is 4.90 Å². The van der Waals surface area contributed by atoms with Crippen LogP contribution in [0.4, 0.5) is 0 Å². The fourth-order valence-corrected chi connectivity index (χ4v) is 0.911. The van der Waals surface area contributed by atoms with Crippen LogP contribution in [0.25, 0.3) is 0 Å². The highest BCUT2D eigenvalue weighted by atomic mass is 16.8. The second-order valence-corrected chi connectivity index (χ2v) is 2.68. The van der Waals surface area contributed by atoms with E-state index in [1.54, 1.807) is 13.8 Å². The number of amides is 1. The zero-order chi connectivity index (χ0) is 9.30. The summed E-state index contributed by atoms with van der Waals surface area (Å²) in [5, 5.41) is 14.1. The zero-order valence-electron chi connectivity index (χ0n) is 6.77. The molecule has 1 aromatic heterocycles. The number of hydrogen-bond acceptors (Lipinski definition) is 4. The van der Waals surface area contributed by atoms with E-state index in [0.717, 1.165) is 0 Å². The van der Waals surface area contributed by atoms with Crippen LogP contribution in [0.2, 0.25) is 0 Å². The second-order valence-electron chi connectivity index (χ2n) is 2.68. The van der Waals surface area contributed by atoms with Crippen molar-refractivity contribution in [3.05, 3.63) is 16.6 Å². The average Bonchev–Trinajstić information content (AvgIpc) is 2.30. The summed E-state index contributed by atoms with van der Waals surface area (Å²) in [4.78, 5) is 10.9. The number of nitrogens with two attached hydrogens (primary N) is 1. The van der Waals surface area contributed by atoms with Crippen molar-refractivity contribution in [2.24, 2.45) is 5.73 Å². The summed E-state index contributed by atoms with van der Waals surface area (Å²) in [6.07, 6.45) is 0. The fraction of sp³-hybridized carbons (Fsp3) is 0.500. The lowest BCUT2D eigenvalue weighted by molar-refractivity contribution is -0.808. The normalized spacial score (nSPS) is 10.6. The Hall–Kier alpha value is -1.59. The second kappa shape index (κ2) is 2.80. The largest absolute Gasteiger partial charge is 0.362 e. The van der Waals surface area contributed by atoms with Gasteiger partial charge < -0.3 is 10.9 Å². The molecule has 0 unspecified atom stereocenters. The molecule has 6 heteroatoms. The minimum atomic E-state index is -0.753. The van der Waals surface area contributed by atoms with E-state index >= 15 is 0 Å². The Balaban J connectivity index is 3.21. The van der Waals surface area contributed by atoms with Gasteiger partial charge in [-0.25, -0.2) is 0 Å². The van der Waals surface area contributed by atoms with Crippen molar-refractivity contribution >= 4 is 5.91 Å². The van der Waals surface area contributed by atoms with Crippen LogP contribution in [0.3, 0.4) is 0 Å². The Bertz CT molecular complexity index is 305. The topological polar surface area (TPSA) is 96.1 Å². The third-order valence-electron chi connectivity index (χ3n) is 1.43. The Labute approximate surface area is 68.5 Å². The highest BCUT2D eigenvalue weighted by Crippen LogP contribution is 2.12. The third kappa shape index (κ3) is 1.23. The summed E-state index contributed by atoms with van der Waals surface area (Å²) in [6, 6.07) is 0. The molecule has 0 aliphatic carbocycles. The molecule has 1 amide bonds. The molecule has 1 heterocycles. The molecular formula is C6H9N3O3. The Kier molecular flexibility index (Phi) is 1.99. The SMILES string of the molecule is CC(C)c1c(C(N)=O)no[n+]1[O-]. The zero-order valence-corrected chi connectivity index (χ0v) is 6.77. The van der Waals surface area contributed by atoms with Gasteiger partial charge in [-0.15, -0.1) is 0 Å². The summed E-state index contributed by atoms with van der Waals surface area (Å²) in [5.74, 6) is -0.895. The van der Waals surface area contributed by atoms with Gasteiger partial charge in [0.25, 0.3) is 5.91 Å². The molecule has 0 atom stereocenters. The van der Waals surface area contributed by atoms with Crippen LogP contribution >= 0.6 is 0 Å². The molecular weight excluding hydrogens is 162 g/mol. The Morgan fingerprint density at radius 3 is 2.67 bits per heavy atom. The lowest BCUT2D eigenvalue weighted by Crippen LogP contribution is -2.30. The number of primary amides is 1. The minimum Gasteiger partial charge on any atom is -0.362 e. The van der Waals surface area contributed by atoms with Crippen molar-refractivity contribution in [3.8, 4) is 0 Å². The monoisotopic (exact) mass is 171 g/mol. The van der Waals surface area contributed by atoms with Gasteiger partial charge in [0.05, 0.1) is 5.16 Å². The molecule has 6 nitrogen and oxygen atoms in total. The van der Waals surface area contributed by atoms with Crippen LogP contribution in [0, 0.1) is 5.21 Å². The highest BCUT2D eigenvalue weighted by Gasteiger charge is 2.26. The van der Waals surface area contributed by atoms with Crippen molar-refractivity contribution < 1.29 is 14.3 Å². The molecule has 0 radical (unpaired) electrons. The van der Waals surface area contributed by atoms with E-state index < -0.39 is 5.91 Å². The minimum absolute atomic E-state index is 0.0972. The summed E-state index contributed by atoms with van der Waals surface area (Å²) >= 11 is 0. The van der Waals surface area contributed by atoms with Crippen molar-refractivity contribution in [1.82, 2.24) is 5.16 Å². The molecule has 2 N–H and O–H groups in total. The summed E-state index contributed by atoms with van der Waals surface area (Å²) in [6.45, 7) is 3.49. The number of rotatable bonds is 2. The van der Waals surface area contributed by atoms with E-state index in [0.29, 0.717) is 0 Å². The van der Waals surface area contributed by atoms with Gasteiger partial charge in [0.15, 0.2) is 0 Å². The standard InChI is InChI=1S/C6H9N3O3/c1-3(2)5-4(6(7)10)8-12-9(5)11/h3H,1-2H3,(H2,7,10).